The van der Waals surface area contributed by atoms with E-state index in [2.05, 4.69) is 9.97 Å². The molecule has 0 aliphatic rings. The Morgan fingerprint density at radius 2 is 1.91 bits per heavy atom. The fraction of sp³-hybridized carbons (Fsp3) is 0.222. The number of amides is 1. The van der Waals surface area contributed by atoms with Crippen LogP contribution in [0.25, 0.3) is 11.0 Å². The van der Waals surface area contributed by atoms with Gasteiger partial charge in [0.15, 0.2) is 6.61 Å². The van der Waals surface area contributed by atoms with Crippen molar-refractivity contribution in [3.63, 3.8) is 0 Å². The number of aryl methyl sites for hydroxylation is 2. The number of fused-ring (bicyclic) bond motifs is 1. The molecule has 2 aromatic carbocycles. The van der Waals surface area contributed by atoms with Gasteiger partial charge >= 0.3 is 0 Å². The van der Waals surface area contributed by atoms with Crippen LogP contribution in [0.1, 0.15) is 11.4 Å². The molecule has 0 aliphatic carbocycles. The number of aromatic nitrogens is 2. The Hall–Kier alpha value is -2.82. The fourth-order valence-corrected chi connectivity index (χ4v) is 2.35. The first-order valence-electron chi connectivity index (χ1n) is 7.45. The summed E-state index contributed by atoms with van der Waals surface area (Å²) in [7, 11) is 1.74. The number of benzene rings is 2. The standard InChI is InChI=1S/C18H19N3O2/c1-12-4-7-15(8-5-12)23-11-18(22)21(3)14-6-9-16-17(10-14)20-13(2)19-16/h4-10H,11H2,1-3H3,(H,19,20). The second-order valence-electron chi connectivity index (χ2n) is 5.58. The van der Waals surface area contributed by atoms with Gasteiger partial charge in [0.2, 0.25) is 0 Å². The average molecular weight is 309 g/mol. The van der Waals surface area contributed by atoms with Gasteiger partial charge in [-0.15, -0.1) is 0 Å². The lowest BCUT2D eigenvalue weighted by molar-refractivity contribution is -0.120. The topological polar surface area (TPSA) is 58.2 Å². The van der Waals surface area contributed by atoms with Crippen molar-refractivity contribution in [2.75, 3.05) is 18.6 Å². The molecular formula is C18H19N3O2. The van der Waals surface area contributed by atoms with E-state index in [4.69, 9.17) is 4.74 Å². The lowest BCUT2D eigenvalue weighted by atomic mass is 10.2. The molecule has 0 radical (unpaired) electrons. The summed E-state index contributed by atoms with van der Waals surface area (Å²) in [5.74, 6) is 1.44. The van der Waals surface area contributed by atoms with E-state index >= 15 is 0 Å². The summed E-state index contributed by atoms with van der Waals surface area (Å²) in [5.41, 5.74) is 3.77. The number of imidazole rings is 1. The molecule has 5 heteroatoms. The Kier molecular flexibility index (Phi) is 4.02. The number of aromatic amines is 1. The smallest absolute Gasteiger partial charge is 0.264 e. The summed E-state index contributed by atoms with van der Waals surface area (Å²) < 4.78 is 5.55. The first kappa shape index (κ1) is 15.1. The van der Waals surface area contributed by atoms with Gasteiger partial charge in [-0.1, -0.05) is 17.7 Å². The molecule has 3 rings (SSSR count). The summed E-state index contributed by atoms with van der Waals surface area (Å²) >= 11 is 0. The van der Waals surface area contributed by atoms with Crippen LogP contribution >= 0.6 is 0 Å². The van der Waals surface area contributed by atoms with Crippen LogP contribution < -0.4 is 9.64 Å². The molecule has 0 fully saturated rings. The highest BCUT2D eigenvalue weighted by Crippen LogP contribution is 2.20. The minimum atomic E-state index is -0.110. The van der Waals surface area contributed by atoms with E-state index in [1.807, 2.05) is 56.3 Å². The summed E-state index contributed by atoms with van der Waals surface area (Å²) in [5, 5.41) is 0. The maximum atomic E-state index is 12.3. The van der Waals surface area contributed by atoms with E-state index in [1.165, 1.54) is 0 Å². The van der Waals surface area contributed by atoms with Crippen molar-refractivity contribution in [3.05, 3.63) is 53.9 Å². The number of anilines is 1. The van der Waals surface area contributed by atoms with Crippen molar-refractivity contribution in [1.82, 2.24) is 9.97 Å². The number of hydrogen-bond acceptors (Lipinski definition) is 3. The van der Waals surface area contributed by atoms with Crippen LogP contribution in [-0.2, 0) is 4.79 Å². The molecule has 0 saturated heterocycles. The van der Waals surface area contributed by atoms with Crippen LogP contribution in [0.4, 0.5) is 5.69 Å². The second kappa shape index (κ2) is 6.12. The Balaban J connectivity index is 1.69. The average Bonchev–Trinajstić information content (AvgIpc) is 2.92. The lowest BCUT2D eigenvalue weighted by Crippen LogP contribution is -2.31. The molecular weight excluding hydrogens is 290 g/mol. The second-order valence-corrected chi connectivity index (χ2v) is 5.58. The number of H-pyrrole nitrogens is 1. The van der Waals surface area contributed by atoms with Gasteiger partial charge in [-0.25, -0.2) is 4.98 Å². The van der Waals surface area contributed by atoms with Gasteiger partial charge in [0.1, 0.15) is 11.6 Å². The van der Waals surface area contributed by atoms with E-state index in [-0.39, 0.29) is 12.5 Å². The van der Waals surface area contributed by atoms with Crippen LogP contribution in [0.15, 0.2) is 42.5 Å². The third-order valence-corrected chi connectivity index (χ3v) is 3.73. The summed E-state index contributed by atoms with van der Waals surface area (Å²) in [6, 6.07) is 13.3. The minimum Gasteiger partial charge on any atom is -0.484 e. The number of carbonyl (C=O) groups is 1. The molecule has 23 heavy (non-hydrogen) atoms. The monoisotopic (exact) mass is 309 g/mol. The van der Waals surface area contributed by atoms with Crippen molar-refractivity contribution >= 4 is 22.6 Å². The van der Waals surface area contributed by atoms with Gasteiger partial charge < -0.3 is 14.6 Å². The fourth-order valence-electron chi connectivity index (χ4n) is 2.35. The molecule has 1 N–H and O–H groups in total. The first-order chi connectivity index (χ1) is 11.0. The van der Waals surface area contributed by atoms with E-state index in [9.17, 15) is 4.79 Å². The number of rotatable bonds is 4. The van der Waals surface area contributed by atoms with E-state index in [0.717, 1.165) is 28.1 Å². The zero-order valence-electron chi connectivity index (χ0n) is 13.5. The highest BCUT2D eigenvalue weighted by Gasteiger charge is 2.13. The molecule has 1 heterocycles. The Morgan fingerprint density at radius 3 is 2.65 bits per heavy atom. The van der Waals surface area contributed by atoms with Gasteiger partial charge in [-0.05, 0) is 44.2 Å². The third kappa shape index (κ3) is 3.34. The SMILES string of the molecule is Cc1ccc(OCC(=O)N(C)c2ccc3nc(C)[nH]c3c2)cc1. The third-order valence-electron chi connectivity index (χ3n) is 3.73. The highest BCUT2D eigenvalue weighted by molar-refractivity contribution is 5.95. The number of ether oxygens (including phenoxy) is 1. The van der Waals surface area contributed by atoms with Gasteiger partial charge in [0, 0.05) is 12.7 Å². The molecule has 0 bridgehead atoms. The maximum Gasteiger partial charge on any atom is 0.264 e. The van der Waals surface area contributed by atoms with Crippen LogP contribution in [0, 0.1) is 13.8 Å². The lowest BCUT2D eigenvalue weighted by Gasteiger charge is -2.17. The van der Waals surface area contributed by atoms with Gasteiger partial charge in [-0.2, -0.15) is 0 Å². The van der Waals surface area contributed by atoms with Crippen molar-refractivity contribution in [3.8, 4) is 5.75 Å². The molecule has 0 aliphatic heterocycles. The van der Waals surface area contributed by atoms with Crippen LogP contribution in [0.5, 0.6) is 5.75 Å². The predicted octanol–water partition coefficient (Wildman–Crippen LogP) is 3.22. The van der Waals surface area contributed by atoms with E-state index < -0.39 is 0 Å². The molecule has 1 amide bonds. The molecule has 0 saturated carbocycles. The number of likely N-dealkylation sites (N-methyl/N-ethyl adjacent to an activating group) is 1. The molecule has 3 aromatic rings. The van der Waals surface area contributed by atoms with Gasteiger partial charge in [0.25, 0.3) is 5.91 Å². The molecule has 5 nitrogen and oxygen atoms in total. The molecule has 1 aromatic heterocycles. The van der Waals surface area contributed by atoms with Crippen LogP contribution in [-0.4, -0.2) is 29.5 Å². The molecule has 0 atom stereocenters. The normalized spacial score (nSPS) is 10.7. The van der Waals surface area contributed by atoms with Crippen LogP contribution in [0.2, 0.25) is 0 Å². The first-order valence-corrected chi connectivity index (χ1v) is 7.45. The van der Waals surface area contributed by atoms with Crippen LogP contribution in [0.3, 0.4) is 0 Å². The zero-order chi connectivity index (χ0) is 16.4. The Labute approximate surface area is 134 Å². The van der Waals surface area contributed by atoms with E-state index in [0.29, 0.717) is 5.75 Å². The van der Waals surface area contributed by atoms with Gasteiger partial charge in [-0.3, -0.25) is 4.79 Å². The molecule has 0 spiro atoms. The number of carbonyl (C=O) groups excluding carboxylic acids is 1. The maximum absolute atomic E-state index is 12.3. The number of nitrogens with zero attached hydrogens (tertiary/aromatic N) is 2. The van der Waals surface area contributed by atoms with Crippen molar-refractivity contribution in [2.24, 2.45) is 0 Å². The Morgan fingerprint density at radius 1 is 1.17 bits per heavy atom. The summed E-state index contributed by atoms with van der Waals surface area (Å²) in [4.78, 5) is 21.4. The van der Waals surface area contributed by atoms with Crippen molar-refractivity contribution in [2.45, 2.75) is 13.8 Å². The van der Waals surface area contributed by atoms with E-state index in [1.54, 1.807) is 11.9 Å². The summed E-state index contributed by atoms with van der Waals surface area (Å²) in [6.45, 7) is 3.92. The number of nitrogens with one attached hydrogen (secondary N) is 1. The Bertz CT molecular complexity index is 837. The van der Waals surface area contributed by atoms with Crippen molar-refractivity contribution in [1.29, 1.82) is 0 Å². The van der Waals surface area contributed by atoms with Gasteiger partial charge in [0.05, 0.1) is 11.0 Å². The largest absolute Gasteiger partial charge is 0.484 e. The quantitative estimate of drug-likeness (QED) is 0.805. The van der Waals surface area contributed by atoms with Crippen molar-refractivity contribution < 1.29 is 9.53 Å². The number of hydrogen-bond donors (Lipinski definition) is 1. The summed E-state index contributed by atoms with van der Waals surface area (Å²) in [6.07, 6.45) is 0. The minimum absolute atomic E-state index is 0.000395. The highest BCUT2D eigenvalue weighted by atomic mass is 16.5. The zero-order valence-corrected chi connectivity index (χ0v) is 13.5. The molecule has 118 valence electrons. The molecule has 0 unspecified atom stereocenters. The predicted molar refractivity (Wildman–Crippen MR) is 90.9 cm³/mol.